The van der Waals surface area contributed by atoms with Crippen molar-refractivity contribution in [3.63, 3.8) is 0 Å². The normalized spacial score (nSPS) is 11.5. The van der Waals surface area contributed by atoms with Gasteiger partial charge in [-0.1, -0.05) is 19.1 Å². The lowest BCUT2D eigenvalue weighted by Crippen LogP contribution is -2.16. The number of nitrogens with zero attached hydrogens (tertiary/aromatic N) is 3. The van der Waals surface area contributed by atoms with Gasteiger partial charge in [-0.05, 0) is 24.1 Å². The molecule has 0 unspecified atom stereocenters. The van der Waals surface area contributed by atoms with Crippen LogP contribution in [0.4, 0.5) is 30.6 Å². The van der Waals surface area contributed by atoms with Gasteiger partial charge < -0.3 is 10.6 Å². The quantitative estimate of drug-likeness (QED) is 0.943. The van der Waals surface area contributed by atoms with Crippen molar-refractivity contribution in [1.82, 2.24) is 9.97 Å². The molecule has 0 aliphatic heterocycles. The number of anilines is 3. The lowest BCUT2D eigenvalue weighted by atomic mass is 10.1. The maximum atomic E-state index is 12.7. The highest BCUT2D eigenvalue weighted by atomic mass is 19.4. The topological polar surface area (TPSA) is 55.0 Å². The lowest BCUT2D eigenvalue weighted by Gasteiger charge is -2.20. The number of aromatic nitrogens is 2. The van der Waals surface area contributed by atoms with Crippen LogP contribution in [-0.2, 0) is 12.6 Å². The molecule has 1 heterocycles. The summed E-state index contributed by atoms with van der Waals surface area (Å²) in [6.45, 7) is 2.03. The molecular weight excluding hydrogens is 281 g/mol. The molecule has 4 nitrogen and oxygen atoms in total. The van der Waals surface area contributed by atoms with Crippen molar-refractivity contribution in [2.45, 2.75) is 19.5 Å². The summed E-state index contributed by atoms with van der Waals surface area (Å²) in [4.78, 5) is 8.62. The van der Waals surface area contributed by atoms with E-state index in [0.29, 0.717) is 0 Å². The summed E-state index contributed by atoms with van der Waals surface area (Å²) in [5.41, 5.74) is 6.18. The van der Waals surface area contributed by atoms with Gasteiger partial charge >= 0.3 is 6.18 Å². The van der Waals surface area contributed by atoms with E-state index in [1.165, 1.54) is 4.90 Å². The zero-order chi connectivity index (χ0) is 15.6. The fourth-order valence-electron chi connectivity index (χ4n) is 1.86. The average molecular weight is 296 g/mol. The predicted octanol–water partition coefficient (Wildman–Crippen LogP) is 3.41. The molecule has 2 rings (SSSR count). The van der Waals surface area contributed by atoms with Crippen LogP contribution in [0.5, 0.6) is 0 Å². The Bertz CT molecular complexity index is 623. The molecule has 0 amide bonds. The minimum Gasteiger partial charge on any atom is -0.368 e. The van der Waals surface area contributed by atoms with Gasteiger partial charge in [0, 0.05) is 18.8 Å². The Balaban J connectivity index is 2.38. The number of aryl methyl sites for hydroxylation is 1. The largest absolute Gasteiger partial charge is 0.433 e. The van der Waals surface area contributed by atoms with E-state index in [-0.39, 0.29) is 5.82 Å². The van der Waals surface area contributed by atoms with Crippen LogP contribution in [0.25, 0.3) is 0 Å². The van der Waals surface area contributed by atoms with Gasteiger partial charge in [-0.2, -0.15) is 18.2 Å². The Morgan fingerprint density at radius 1 is 1.14 bits per heavy atom. The first-order valence-corrected chi connectivity index (χ1v) is 6.35. The van der Waals surface area contributed by atoms with Crippen molar-refractivity contribution >= 4 is 17.5 Å². The summed E-state index contributed by atoms with van der Waals surface area (Å²) in [6.07, 6.45) is -3.67. The first-order chi connectivity index (χ1) is 9.81. The maximum absolute atomic E-state index is 12.7. The predicted molar refractivity (Wildman–Crippen MR) is 75.3 cm³/mol. The minimum absolute atomic E-state index is 0.0964. The molecule has 7 heteroatoms. The Labute approximate surface area is 120 Å². The summed E-state index contributed by atoms with van der Waals surface area (Å²) in [7, 11) is 1.63. The van der Waals surface area contributed by atoms with E-state index < -0.39 is 17.8 Å². The van der Waals surface area contributed by atoms with Gasteiger partial charge in [0.25, 0.3) is 0 Å². The van der Waals surface area contributed by atoms with Crippen LogP contribution < -0.4 is 10.6 Å². The van der Waals surface area contributed by atoms with Crippen molar-refractivity contribution < 1.29 is 13.2 Å². The zero-order valence-corrected chi connectivity index (χ0v) is 11.6. The van der Waals surface area contributed by atoms with E-state index in [2.05, 4.69) is 9.97 Å². The number of alkyl halides is 3. The molecule has 0 aliphatic carbocycles. The van der Waals surface area contributed by atoms with Crippen LogP contribution in [0.3, 0.4) is 0 Å². The average Bonchev–Trinajstić information content (AvgIpc) is 2.45. The molecule has 0 saturated heterocycles. The molecule has 112 valence electrons. The standard InChI is InChI=1S/C14H15F3N4/c1-3-9-4-6-10(7-5-9)21(2)12-8-11(14(15,16)17)19-13(18)20-12/h4-8H,3H2,1-2H3,(H2,18,19,20). The van der Waals surface area contributed by atoms with Gasteiger partial charge in [0.1, 0.15) is 5.82 Å². The van der Waals surface area contributed by atoms with Crippen LogP contribution in [0.1, 0.15) is 18.2 Å². The number of benzene rings is 1. The van der Waals surface area contributed by atoms with Crippen molar-refractivity contribution in [3.05, 3.63) is 41.6 Å². The second kappa shape index (κ2) is 5.59. The van der Waals surface area contributed by atoms with Gasteiger partial charge in [-0.15, -0.1) is 0 Å². The molecule has 0 saturated carbocycles. The van der Waals surface area contributed by atoms with Gasteiger partial charge in [-0.25, -0.2) is 4.98 Å². The van der Waals surface area contributed by atoms with E-state index in [1.807, 2.05) is 31.2 Å². The van der Waals surface area contributed by atoms with Crippen LogP contribution in [0, 0.1) is 0 Å². The molecule has 0 bridgehead atoms. The Kier molecular flexibility index (Phi) is 4.02. The Morgan fingerprint density at radius 2 is 1.76 bits per heavy atom. The third kappa shape index (κ3) is 3.42. The fraction of sp³-hybridized carbons (Fsp3) is 0.286. The van der Waals surface area contributed by atoms with E-state index >= 15 is 0 Å². The third-order valence-electron chi connectivity index (χ3n) is 3.10. The number of nitrogen functional groups attached to an aromatic ring is 1. The SMILES string of the molecule is CCc1ccc(N(C)c2cc(C(F)(F)F)nc(N)n2)cc1. The van der Waals surface area contributed by atoms with Gasteiger partial charge in [-0.3, -0.25) is 0 Å². The second-order valence-corrected chi connectivity index (χ2v) is 4.55. The summed E-state index contributed by atoms with van der Waals surface area (Å²) in [6, 6.07) is 8.36. The second-order valence-electron chi connectivity index (χ2n) is 4.55. The van der Waals surface area contributed by atoms with E-state index in [4.69, 9.17) is 5.73 Å². The Morgan fingerprint density at radius 3 is 2.29 bits per heavy atom. The summed E-state index contributed by atoms with van der Waals surface area (Å²) >= 11 is 0. The zero-order valence-electron chi connectivity index (χ0n) is 11.6. The molecule has 0 fully saturated rings. The molecule has 0 aliphatic rings. The summed E-state index contributed by atoms with van der Waals surface area (Å²) in [5.74, 6) is -0.309. The number of nitrogens with two attached hydrogens (primary N) is 1. The van der Waals surface area contributed by atoms with E-state index in [0.717, 1.165) is 23.7 Å². The van der Waals surface area contributed by atoms with Crippen molar-refractivity contribution in [3.8, 4) is 0 Å². The summed E-state index contributed by atoms with van der Waals surface area (Å²) in [5, 5.41) is 0. The molecule has 0 radical (unpaired) electrons. The minimum atomic E-state index is -4.56. The third-order valence-corrected chi connectivity index (χ3v) is 3.10. The molecule has 0 atom stereocenters. The number of hydrogen-bond acceptors (Lipinski definition) is 4. The molecule has 2 aromatic rings. The number of halogens is 3. The molecule has 2 N–H and O–H groups in total. The smallest absolute Gasteiger partial charge is 0.368 e. The van der Waals surface area contributed by atoms with E-state index in [9.17, 15) is 13.2 Å². The van der Waals surface area contributed by atoms with Crippen molar-refractivity contribution in [2.24, 2.45) is 0 Å². The number of hydrogen-bond donors (Lipinski definition) is 1. The molecule has 1 aromatic heterocycles. The van der Waals surface area contributed by atoms with Gasteiger partial charge in [0.15, 0.2) is 5.69 Å². The molecule has 21 heavy (non-hydrogen) atoms. The van der Waals surface area contributed by atoms with Crippen LogP contribution in [0.2, 0.25) is 0 Å². The molecule has 0 spiro atoms. The monoisotopic (exact) mass is 296 g/mol. The number of rotatable bonds is 3. The van der Waals surface area contributed by atoms with Crippen LogP contribution in [0.15, 0.2) is 30.3 Å². The van der Waals surface area contributed by atoms with E-state index in [1.54, 1.807) is 7.05 Å². The Hall–Kier alpha value is -2.31. The van der Waals surface area contributed by atoms with Crippen molar-refractivity contribution in [2.75, 3.05) is 17.7 Å². The first kappa shape index (κ1) is 15.1. The van der Waals surface area contributed by atoms with Crippen molar-refractivity contribution in [1.29, 1.82) is 0 Å². The van der Waals surface area contributed by atoms with Gasteiger partial charge in [0.2, 0.25) is 5.95 Å². The molecule has 1 aromatic carbocycles. The summed E-state index contributed by atoms with van der Waals surface area (Å²) < 4.78 is 38.2. The lowest BCUT2D eigenvalue weighted by molar-refractivity contribution is -0.141. The molecular formula is C14H15F3N4. The highest BCUT2D eigenvalue weighted by Crippen LogP contribution is 2.31. The van der Waals surface area contributed by atoms with Gasteiger partial charge in [0.05, 0.1) is 0 Å². The highest BCUT2D eigenvalue weighted by Gasteiger charge is 2.33. The maximum Gasteiger partial charge on any atom is 0.433 e. The first-order valence-electron chi connectivity index (χ1n) is 6.35. The van der Waals surface area contributed by atoms with Crippen LogP contribution >= 0.6 is 0 Å². The van der Waals surface area contributed by atoms with Crippen LogP contribution in [-0.4, -0.2) is 17.0 Å². The fourth-order valence-corrected chi connectivity index (χ4v) is 1.86. The highest BCUT2D eigenvalue weighted by molar-refractivity contribution is 5.60.